The number of aliphatic hydroxyl groups excluding tert-OH is 1. The number of hydrogen-bond acceptors (Lipinski definition) is 3. The molecule has 0 aromatic heterocycles. The molecule has 3 nitrogen and oxygen atoms in total. The Bertz CT molecular complexity index is 153. The van der Waals surface area contributed by atoms with E-state index in [1.807, 2.05) is 26.0 Å². The van der Waals surface area contributed by atoms with Crippen LogP contribution >= 0.6 is 0 Å². The molecule has 1 heterocycles. The van der Waals surface area contributed by atoms with Crippen molar-refractivity contribution in [1.82, 2.24) is 0 Å². The molecule has 0 saturated heterocycles. The van der Waals surface area contributed by atoms with Crippen molar-refractivity contribution in [2.45, 2.75) is 20.1 Å². The van der Waals surface area contributed by atoms with Gasteiger partial charge in [-0.05, 0) is 0 Å². The first-order chi connectivity index (χ1) is 5.67. The van der Waals surface area contributed by atoms with E-state index in [1.54, 1.807) is 0 Å². The Labute approximate surface area is 73.0 Å². The van der Waals surface area contributed by atoms with Gasteiger partial charge in [0.05, 0.1) is 19.8 Å². The first-order valence-electron chi connectivity index (χ1n) is 4.16. The third-order valence-corrected chi connectivity index (χ3v) is 1.90. The summed E-state index contributed by atoms with van der Waals surface area (Å²) in [4.78, 5) is 0. The van der Waals surface area contributed by atoms with Gasteiger partial charge in [0.2, 0.25) is 0 Å². The fourth-order valence-electron chi connectivity index (χ4n) is 0.996. The van der Waals surface area contributed by atoms with E-state index in [2.05, 4.69) is 0 Å². The standard InChI is InChI=1S/C9H16O3/c1-9(2,7-10)8-11-5-3-4-6-12-8/h3-4,8,10H,5-7H2,1-2H3. The maximum absolute atomic E-state index is 9.06. The maximum atomic E-state index is 9.06. The lowest BCUT2D eigenvalue weighted by molar-refractivity contribution is -0.192. The quantitative estimate of drug-likeness (QED) is 0.630. The van der Waals surface area contributed by atoms with Gasteiger partial charge < -0.3 is 14.6 Å². The number of rotatable bonds is 2. The minimum atomic E-state index is -0.327. The smallest absolute Gasteiger partial charge is 0.165 e. The lowest BCUT2D eigenvalue weighted by Crippen LogP contribution is -2.37. The Balaban J connectivity index is 2.51. The summed E-state index contributed by atoms with van der Waals surface area (Å²) < 4.78 is 10.8. The van der Waals surface area contributed by atoms with Crippen LogP contribution in [0.1, 0.15) is 13.8 Å². The predicted molar refractivity (Wildman–Crippen MR) is 45.7 cm³/mol. The summed E-state index contributed by atoms with van der Waals surface area (Å²) in [7, 11) is 0. The average molecular weight is 172 g/mol. The molecule has 0 radical (unpaired) electrons. The lowest BCUT2D eigenvalue weighted by atomic mass is 9.94. The van der Waals surface area contributed by atoms with Crippen LogP contribution in [0, 0.1) is 5.41 Å². The zero-order chi connectivity index (χ0) is 9.03. The summed E-state index contributed by atoms with van der Waals surface area (Å²) in [5.41, 5.74) is -0.327. The van der Waals surface area contributed by atoms with Gasteiger partial charge in [-0.2, -0.15) is 0 Å². The Morgan fingerprint density at radius 2 is 1.83 bits per heavy atom. The number of ether oxygens (including phenoxy) is 2. The average Bonchev–Trinajstić information content (AvgIpc) is 2.32. The molecular weight excluding hydrogens is 156 g/mol. The molecule has 0 aliphatic carbocycles. The van der Waals surface area contributed by atoms with Crippen LogP contribution in [0.15, 0.2) is 12.2 Å². The minimum absolute atomic E-state index is 0.0671. The molecule has 1 N–H and O–H groups in total. The zero-order valence-electron chi connectivity index (χ0n) is 7.62. The number of aliphatic hydroxyl groups is 1. The molecule has 1 aliphatic rings. The highest BCUT2D eigenvalue weighted by molar-refractivity contribution is 4.85. The van der Waals surface area contributed by atoms with E-state index in [4.69, 9.17) is 14.6 Å². The van der Waals surface area contributed by atoms with Gasteiger partial charge in [-0.1, -0.05) is 26.0 Å². The molecule has 0 bridgehead atoms. The van der Waals surface area contributed by atoms with Gasteiger partial charge >= 0.3 is 0 Å². The predicted octanol–water partition coefficient (Wildman–Crippen LogP) is 0.934. The zero-order valence-corrected chi connectivity index (χ0v) is 7.62. The summed E-state index contributed by atoms with van der Waals surface area (Å²) >= 11 is 0. The van der Waals surface area contributed by atoms with Crippen molar-refractivity contribution in [2.24, 2.45) is 5.41 Å². The molecule has 0 saturated carbocycles. The van der Waals surface area contributed by atoms with Gasteiger partial charge in [-0.15, -0.1) is 0 Å². The maximum Gasteiger partial charge on any atom is 0.165 e. The normalized spacial score (nSPS) is 20.9. The summed E-state index contributed by atoms with van der Waals surface area (Å²) in [5, 5.41) is 9.06. The molecule has 12 heavy (non-hydrogen) atoms. The van der Waals surface area contributed by atoms with E-state index in [1.165, 1.54) is 0 Å². The van der Waals surface area contributed by atoms with Crippen molar-refractivity contribution in [2.75, 3.05) is 19.8 Å². The molecular formula is C9H16O3. The van der Waals surface area contributed by atoms with Gasteiger partial charge in [0.25, 0.3) is 0 Å². The summed E-state index contributed by atoms with van der Waals surface area (Å²) in [6.07, 6.45) is 3.54. The SMILES string of the molecule is CC(C)(CO)C1OCC=CCO1. The van der Waals surface area contributed by atoms with Crippen molar-refractivity contribution in [3.63, 3.8) is 0 Å². The molecule has 0 aromatic carbocycles. The van der Waals surface area contributed by atoms with Crippen LogP contribution in [0.5, 0.6) is 0 Å². The second-order valence-corrected chi connectivity index (χ2v) is 3.62. The van der Waals surface area contributed by atoms with E-state index in [0.717, 1.165) is 0 Å². The molecule has 1 rings (SSSR count). The topological polar surface area (TPSA) is 38.7 Å². The Hall–Kier alpha value is -0.380. The van der Waals surface area contributed by atoms with Crippen LogP contribution in [0.25, 0.3) is 0 Å². The van der Waals surface area contributed by atoms with Crippen LogP contribution < -0.4 is 0 Å². The first kappa shape index (κ1) is 9.71. The van der Waals surface area contributed by atoms with Crippen molar-refractivity contribution in [3.8, 4) is 0 Å². The molecule has 0 fully saturated rings. The van der Waals surface area contributed by atoms with E-state index in [-0.39, 0.29) is 18.3 Å². The van der Waals surface area contributed by atoms with Crippen molar-refractivity contribution in [3.05, 3.63) is 12.2 Å². The van der Waals surface area contributed by atoms with E-state index < -0.39 is 0 Å². The van der Waals surface area contributed by atoms with Crippen molar-refractivity contribution >= 4 is 0 Å². The van der Waals surface area contributed by atoms with Crippen LogP contribution in [0.2, 0.25) is 0 Å². The molecule has 0 amide bonds. The lowest BCUT2D eigenvalue weighted by Gasteiger charge is -2.30. The summed E-state index contributed by atoms with van der Waals surface area (Å²) in [5.74, 6) is 0. The largest absolute Gasteiger partial charge is 0.396 e. The molecule has 0 spiro atoms. The number of hydrogen-bond donors (Lipinski definition) is 1. The third-order valence-electron chi connectivity index (χ3n) is 1.90. The van der Waals surface area contributed by atoms with E-state index in [0.29, 0.717) is 13.2 Å². The molecule has 0 unspecified atom stereocenters. The second-order valence-electron chi connectivity index (χ2n) is 3.62. The molecule has 3 heteroatoms. The highest BCUT2D eigenvalue weighted by Crippen LogP contribution is 2.24. The van der Waals surface area contributed by atoms with Crippen molar-refractivity contribution < 1.29 is 14.6 Å². The van der Waals surface area contributed by atoms with Crippen LogP contribution in [0.3, 0.4) is 0 Å². The second kappa shape index (κ2) is 4.03. The molecule has 0 aromatic rings. The van der Waals surface area contributed by atoms with Crippen LogP contribution in [0.4, 0.5) is 0 Å². The Morgan fingerprint density at radius 3 is 2.25 bits per heavy atom. The molecule has 1 aliphatic heterocycles. The first-order valence-corrected chi connectivity index (χ1v) is 4.16. The van der Waals surface area contributed by atoms with Gasteiger partial charge in [0.1, 0.15) is 0 Å². The van der Waals surface area contributed by atoms with E-state index in [9.17, 15) is 0 Å². The minimum Gasteiger partial charge on any atom is -0.396 e. The molecule has 70 valence electrons. The van der Waals surface area contributed by atoms with Crippen LogP contribution in [-0.4, -0.2) is 31.2 Å². The fraction of sp³-hybridized carbons (Fsp3) is 0.778. The highest BCUT2D eigenvalue weighted by Gasteiger charge is 2.30. The van der Waals surface area contributed by atoms with Gasteiger partial charge in [0.15, 0.2) is 6.29 Å². The fourth-order valence-corrected chi connectivity index (χ4v) is 0.996. The van der Waals surface area contributed by atoms with E-state index >= 15 is 0 Å². The van der Waals surface area contributed by atoms with Crippen LogP contribution in [-0.2, 0) is 9.47 Å². The Kier molecular flexibility index (Phi) is 3.26. The summed E-state index contributed by atoms with van der Waals surface area (Å²) in [6.45, 7) is 5.03. The summed E-state index contributed by atoms with van der Waals surface area (Å²) in [6, 6.07) is 0. The van der Waals surface area contributed by atoms with Gasteiger partial charge in [-0.25, -0.2) is 0 Å². The Morgan fingerprint density at radius 1 is 1.33 bits per heavy atom. The highest BCUT2D eigenvalue weighted by atomic mass is 16.7. The third kappa shape index (κ3) is 2.30. The molecule has 0 atom stereocenters. The van der Waals surface area contributed by atoms with Gasteiger partial charge in [0, 0.05) is 5.41 Å². The monoisotopic (exact) mass is 172 g/mol. The van der Waals surface area contributed by atoms with Crippen molar-refractivity contribution in [1.29, 1.82) is 0 Å². The van der Waals surface area contributed by atoms with Gasteiger partial charge in [-0.3, -0.25) is 0 Å².